The molecular formula is C27H37Cl3SiTi. The van der Waals surface area contributed by atoms with Gasteiger partial charge in [-0.1, -0.05) is 105 Å². The Balaban J connectivity index is 0. The van der Waals surface area contributed by atoms with Crippen molar-refractivity contribution < 1.29 is 58.9 Å². The summed E-state index contributed by atoms with van der Waals surface area (Å²) in [6.07, 6.45) is 15.7. The van der Waals surface area contributed by atoms with Crippen LogP contribution >= 0.6 is 0 Å². The molecule has 0 nitrogen and oxygen atoms in total. The smallest absolute Gasteiger partial charge is 1.00 e. The molecule has 2 aliphatic rings. The van der Waals surface area contributed by atoms with Gasteiger partial charge in [-0.05, 0) is 31.1 Å². The Kier molecular flexibility index (Phi) is 13.5. The summed E-state index contributed by atoms with van der Waals surface area (Å²) in [5.74, 6) is 0. The van der Waals surface area contributed by atoms with Gasteiger partial charge in [-0.3, -0.25) is 6.08 Å². The fourth-order valence-corrected chi connectivity index (χ4v) is 8.28. The average Bonchev–Trinajstić information content (AvgIpc) is 2.77. The van der Waals surface area contributed by atoms with Gasteiger partial charge in [0.15, 0.2) is 0 Å². The van der Waals surface area contributed by atoms with Crippen LogP contribution in [0.2, 0.25) is 5.04 Å². The van der Waals surface area contributed by atoms with E-state index in [1.54, 1.807) is 10.8 Å². The van der Waals surface area contributed by atoms with Crippen LogP contribution in [0, 0.1) is 30.8 Å². The molecular weight excluding hydrogens is 507 g/mol. The molecule has 1 aromatic rings. The van der Waals surface area contributed by atoms with Gasteiger partial charge in [0.05, 0.1) is 0 Å². The molecule has 0 radical (unpaired) electrons. The van der Waals surface area contributed by atoms with E-state index in [1.807, 2.05) is 0 Å². The van der Waals surface area contributed by atoms with Gasteiger partial charge < -0.3 is 37.2 Å². The van der Waals surface area contributed by atoms with Gasteiger partial charge >= 0.3 is 21.7 Å². The first-order valence-electron chi connectivity index (χ1n) is 10.7. The third-order valence-corrected chi connectivity index (χ3v) is 9.69. The number of halogens is 3. The molecule has 0 saturated heterocycles. The van der Waals surface area contributed by atoms with Crippen molar-refractivity contribution >= 4 is 14.7 Å². The summed E-state index contributed by atoms with van der Waals surface area (Å²) >= 11 is 0. The number of benzene rings is 1. The summed E-state index contributed by atoms with van der Waals surface area (Å²) in [6.45, 7) is 18.7. The second-order valence-electron chi connectivity index (χ2n) is 10.3. The van der Waals surface area contributed by atoms with Gasteiger partial charge in [0.1, 0.15) is 0 Å². The molecule has 1 aromatic carbocycles. The van der Waals surface area contributed by atoms with Crippen LogP contribution in [0.3, 0.4) is 0 Å². The first-order chi connectivity index (χ1) is 13.0. The quantitative estimate of drug-likeness (QED) is 0.287. The van der Waals surface area contributed by atoms with Crippen molar-refractivity contribution in [1.82, 2.24) is 0 Å². The number of hydrogen-bond acceptors (Lipinski definition) is 0. The molecule has 2 aliphatic carbocycles. The zero-order valence-corrected chi connectivity index (χ0v) is 26.0. The van der Waals surface area contributed by atoms with Gasteiger partial charge in [-0.25, -0.2) is 5.57 Å². The predicted octanol–water partition coefficient (Wildman–Crippen LogP) is -2.70. The van der Waals surface area contributed by atoms with E-state index in [4.69, 9.17) is 0 Å². The fraction of sp³-hybridized carbons (Fsp3) is 0.481. The largest absolute Gasteiger partial charge is 4.00 e. The molecule has 0 heterocycles. The standard InChI is InChI=1S/C27H37Si.3ClH.Ti/c1-19-14-20(2)16-24(15-19)28-27(17-21(3)22(4)23(27)5)18-26(25(6,7)8)12-10-9-11-13-26;;;;/h9-12,14-16H,13,18,28H2,1-8H3;3*1H;/q-1;;;;+4/p-3. The van der Waals surface area contributed by atoms with E-state index in [9.17, 15) is 0 Å². The molecule has 2 unspecified atom stereocenters. The van der Waals surface area contributed by atoms with E-state index in [0.717, 1.165) is 6.42 Å². The van der Waals surface area contributed by atoms with Crippen LogP contribution in [0.25, 0.3) is 0 Å². The van der Waals surface area contributed by atoms with Gasteiger partial charge in [0.25, 0.3) is 0 Å². The minimum absolute atomic E-state index is 0. The van der Waals surface area contributed by atoms with Crippen LogP contribution in [0.1, 0.15) is 65.5 Å². The minimum atomic E-state index is -0.583. The van der Waals surface area contributed by atoms with E-state index >= 15 is 0 Å². The van der Waals surface area contributed by atoms with E-state index in [0.29, 0.717) is 0 Å². The van der Waals surface area contributed by atoms with E-state index in [2.05, 4.69) is 104 Å². The first kappa shape index (κ1) is 34.2. The molecule has 0 aromatic heterocycles. The van der Waals surface area contributed by atoms with Crippen molar-refractivity contribution in [3.8, 4) is 0 Å². The van der Waals surface area contributed by atoms with Gasteiger partial charge in [0.2, 0.25) is 0 Å². The third kappa shape index (κ3) is 6.77. The Bertz CT molecular complexity index is 888. The molecule has 0 aliphatic heterocycles. The maximum Gasteiger partial charge on any atom is 4.00 e. The molecule has 2 atom stereocenters. The van der Waals surface area contributed by atoms with Crippen molar-refractivity contribution in [1.29, 1.82) is 0 Å². The van der Waals surface area contributed by atoms with Crippen molar-refractivity contribution in [2.24, 2.45) is 10.8 Å². The normalized spacial score (nSPS) is 24.4. The maximum absolute atomic E-state index is 4.04. The Morgan fingerprint density at radius 3 is 1.88 bits per heavy atom. The fourth-order valence-electron chi connectivity index (χ4n) is 5.28. The number of allylic oxidation sites excluding steroid dienone is 8. The van der Waals surface area contributed by atoms with E-state index in [-0.39, 0.29) is 74.8 Å². The molecule has 0 amide bonds. The first-order valence-corrected chi connectivity index (χ1v) is 12.1. The Morgan fingerprint density at radius 1 is 0.906 bits per heavy atom. The van der Waals surface area contributed by atoms with Crippen LogP contribution in [0.5, 0.6) is 0 Å². The molecule has 3 rings (SSSR count). The number of aryl methyl sites for hydroxylation is 2. The Hall–Kier alpha value is -0.0188. The third-order valence-electron chi connectivity index (χ3n) is 7.31. The van der Waals surface area contributed by atoms with Crippen LogP contribution in [0.4, 0.5) is 0 Å². The topological polar surface area (TPSA) is 0 Å². The van der Waals surface area contributed by atoms with Crippen molar-refractivity contribution in [3.05, 3.63) is 76.4 Å². The van der Waals surface area contributed by atoms with Crippen molar-refractivity contribution in [2.45, 2.75) is 73.3 Å². The second-order valence-corrected chi connectivity index (χ2v) is 12.7. The summed E-state index contributed by atoms with van der Waals surface area (Å²) in [5, 5.41) is 1.68. The van der Waals surface area contributed by atoms with Crippen LogP contribution in [-0.4, -0.2) is 9.52 Å². The SMILES string of the molecule is CC1=[C-]C(CC2(C(C)(C)C)C=CC=CC2)([SiH2]c2cc(C)cc(C)c2)C(C)=C1C.[Cl-].[Cl-].[Cl-].[Ti+4]. The molecule has 174 valence electrons. The van der Waals surface area contributed by atoms with Crippen LogP contribution in [-0.2, 0) is 21.7 Å². The molecule has 0 spiro atoms. The predicted molar refractivity (Wildman–Crippen MR) is 127 cm³/mol. The Morgan fingerprint density at radius 2 is 1.47 bits per heavy atom. The average molecular weight is 544 g/mol. The second kappa shape index (κ2) is 12.6. The number of hydrogen-bond donors (Lipinski definition) is 0. The molecule has 0 fully saturated rings. The van der Waals surface area contributed by atoms with Crippen molar-refractivity contribution in [3.63, 3.8) is 0 Å². The molecule has 0 saturated carbocycles. The van der Waals surface area contributed by atoms with Gasteiger partial charge in [0, 0.05) is 9.52 Å². The summed E-state index contributed by atoms with van der Waals surface area (Å²) < 4.78 is 0. The summed E-state index contributed by atoms with van der Waals surface area (Å²) in [5.41, 5.74) is 7.58. The molecule has 32 heavy (non-hydrogen) atoms. The zero-order chi connectivity index (χ0) is 20.7. The molecule has 0 N–H and O–H groups in total. The minimum Gasteiger partial charge on any atom is -1.00 e. The number of rotatable bonds is 4. The van der Waals surface area contributed by atoms with E-state index < -0.39 is 9.52 Å². The molecule has 0 bridgehead atoms. The Labute approximate surface area is 232 Å². The monoisotopic (exact) mass is 542 g/mol. The van der Waals surface area contributed by atoms with Crippen molar-refractivity contribution in [2.75, 3.05) is 0 Å². The summed E-state index contributed by atoms with van der Waals surface area (Å²) in [4.78, 5) is 0. The summed E-state index contributed by atoms with van der Waals surface area (Å²) in [7, 11) is -0.583. The zero-order valence-electron chi connectivity index (χ0n) is 20.8. The van der Waals surface area contributed by atoms with Crippen LogP contribution < -0.4 is 42.4 Å². The molecule has 5 heteroatoms. The maximum atomic E-state index is 4.04. The summed E-state index contributed by atoms with van der Waals surface area (Å²) in [6, 6.07) is 7.15. The van der Waals surface area contributed by atoms with Crippen LogP contribution in [0.15, 0.2) is 59.2 Å². The van der Waals surface area contributed by atoms with E-state index in [1.165, 1.54) is 28.7 Å². The van der Waals surface area contributed by atoms with Gasteiger partial charge in [-0.15, -0.1) is 6.92 Å². The van der Waals surface area contributed by atoms with Gasteiger partial charge in [-0.2, -0.15) is 11.1 Å².